The van der Waals surface area contributed by atoms with E-state index in [2.05, 4.69) is 43.0 Å². The summed E-state index contributed by atoms with van der Waals surface area (Å²) in [6.45, 7) is 12.0. The van der Waals surface area contributed by atoms with Crippen molar-refractivity contribution in [2.75, 3.05) is 0 Å². The van der Waals surface area contributed by atoms with Gasteiger partial charge in [-0.05, 0) is 48.4 Å². The first-order chi connectivity index (χ1) is 10.5. The van der Waals surface area contributed by atoms with E-state index in [0.717, 1.165) is 16.7 Å². The first-order valence-electron chi connectivity index (χ1n) is 7.58. The minimum Gasteiger partial charge on any atom is -0.338 e. The first-order valence-corrected chi connectivity index (χ1v) is 9.40. The molecule has 126 valence electrons. The molecule has 0 bridgehead atoms. The lowest BCUT2D eigenvalue weighted by atomic mass is 9.84. The predicted octanol–water partition coefficient (Wildman–Crippen LogP) is 3.41. The molecule has 0 unspecified atom stereocenters. The van der Waals surface area contributed by atoms with Crippen molar-refractivity contribution >= 4 is 9.84 Å². The lowest BCUT2D eigenvalue weighted by molar-refractivity contribution is 0.384. The molecular weight excluding hydrogens is 312 g/mol. The van der Waals surface area contributed by atoms with Crippen LogP contribution in [0.5, 0.6) is 0 Å². The van der Waals surface area contributed by atoms with Gasteiger partial charge < -0.3 is 4.52 Å². The molecule has 0 amide bonds. The highest BCUT2D eigenvalue weighted by Gasteiger charge is 2.22. The van der Waals surface area contributed by atoms with Crippen LogP contribution in [0.4, 0.5) is 0 Å². The third kappa shape index (κ3) is 4.41. The second kappa shape index (κ2) is 6.07. The zero-order chi connectivity index (χ0) is 17.4. The van der Waals surface area contributed by atoms with E-state index in [1.165, 1.54) is 5.56 Å². The molecule has 0 radical (unpaired) electrons. The van der Waals surface area contributed by atoms with Gasteiger partial charge in [0.15, 0.2) is 15.7 Å². The number of benzene rings is 1. The van der Waals surface area contributed by atoms with E-state index in [4.69, 9.17) is 4.52 Å². The summed E-state index contributed by atoms with van der Waals surface area (Å²) in [6, 6.07) is 4.16. The summed E-state index contributed by atoms with van der Waals surface area (Å²) in [5, 5.41) is 3.63. The average Bonchev–Trinajstić information content (AvgIpc) is 2.77. The fourth-order valence-electron chi connectivity index (χ4n) is 2.51. The maximum atomic E-state index is 12.4. The number of rotatable bonds is 4. The highest BCUT2D eigenvalue weighted by Crippen LogP contribution is 2.28. The SMILES string of the molecule is Cc1noc(CS(=O)(=O)Cc2c(C)cc(C(C)(C)C)cc2C)n1. The molecule has 0 aliphatic heterocycles. The fourth-order valence-corrected chi connectivity index (χ4v) is 4.00. The van der Waals surface area contributed by atoms with Crippen molar-refractivity contribution in [1.82, 2.24) is 10.1 Å². The predicted molar refractivity (Wildman–Crippen MR) is 90.0 cm³/mol. The monoisotopic (exact) mass is 336 g/mol. The minimum atomic E-state index is -3.36. The van der Waals surface area contributed by atoms with Crippen LogP contribution in [-0.2, 0) is 26.8 Å². The normalized spacial score (nSPS) is 12.6. The molecule has 5 nitrogen and oxygen atoms in total. The van der Waals surface area contributed by atoms with E-state index in [0.29, 0.717) is 5.82 Å². The van der Waals surface area contributed by atoms with Gasteiger partial charge >= 0.3 is 0 Å². The lowest BCUT2D eigenvalue weighted by Gasteiger charge is -2.22. The second-order valence-corrected chi connectivity index (χ2v) is 9.17. The molecule has 0 aliphatic rings. The Labute approximate surface area is 138 Å². The molecule has 0 fully saturated rings. The van der Waals surface area contributed by atoms with Crippen molar-refractivity contribution in [1.29, 1.82) is 0 Å². The Kier molecular flexibility index (Phi) is 4.66. The van der Waals surface area contributed by atoms with Crippen LogP contribution in [0.2, 0.25) is 0 Å². The zero-order valence-corrected chi connectivity index (χ0v) is 15.4. The number of aryl methyl sites for hydroxylation is 3. The molecule has 0 saturated carbocycles. The van der Waals surface area contributed by atoms with Gasteiger partial charge in [-0.3, -0.25) is 0 Å². The van der Waals surface area contributed by atoms with Crippen LogP contribution in [0.1, 0.15) is 54.7 Å². The highest BCUT2D eigenvalue weighted by molar-refractivity contribution is 7.89. The molecular formula is C17H24N2O3S. The van der Waals surface area contributed by atoms with Crippen molar-refractivity contribution in [2.24, 2.45) is 0 Å². The molecule has 1 aromatic heterocycles. The molecule has 23 heavy (non-hydrogen) atoms. The van der Waals surface area contributed by atoms with Crippen molar-refractivity contribution in [2.45, 2.75) is 58.5 Å². The van der Waals surface area contributed by atoms with Crippen LogP contribution in [0.15, 0.2) is 16.7 Å². The van der Waals surface area contributed by atoms with Crippen LogP contribution < -0.4 is 0 Å². The van der Waals surface area contributed by atoms with Gasteiger partial charge in [0.25, 0.3) is 0 Å². The number of sulfone groups is 1. The molecule has 2 aromatic rings. The van der Waals surface area contributed by atoms with Gasteiger partial charge in [0.2, 0.25) is 5.89 Å². The number of hydrogen-bond acceptors (Lipinski definition) is 5. The Morgan fingerprint density at radius 3 is 2.04 bits per heavy atom. The Bertz CT molecular complexity index is 792. The molecule has 6 heteroatoms. The summed E-state index contributed by atoms with van der Waals surface area (Å²) in [5.74, 6) is 0.339. The standard InChI is InChI=1S/C17H24N2O3S/c1-11-7-14(17(4,5)6)8-12(2)15(11)9-23(20,21)10-16-18-13(3)19-22-16/h7-8H,9-10H2,1-6H3. The number of aromatic nitrogens is 2. The van der Waals surface area contributed by atoms with Crippen molar-refractivity contribution in [3.05, 3.63) is 46.1 Å². The maximum Gasteiger partial charge on any atom is 0.241 e. The summed E-state index contributed by atoms with van der Waals surface area (Å²) in [4.78, 5) is 3.97. The second-order valence-electron chi connectivity index (χ2n) is 7.11. The highest BCUT2D eigenvalue weighted by atomic mass is 32.2. The maximum absolute atomic E-state index is 12.4. The van der Waals surface area contributed by atoms with Crippen LogP contribution in [0, 0.1) is 20.8 Å². The molecule has 1 aromatic carbocycles. The molecule has 0 N–H and O–H groups in total. The summed E-state index contributed by atoms with van der Waals surface area (Å²) in [5.41, 5.74) is 4.10. The van der Waals surface area contributed by atoms with E-state index >= 15 is 0 Å². The Morgan fingerprint density at radius 1 is 1.04 bits per heavy atom. The smallest absolute Gasteiger partial charge is 0.241 e. The Hall–Kier alpha value is -1.69. The zero-order valence-electron chi connectivity index (χ0n) is 14.6. The third-order valence-corrected chi connectivity index (χ3v) is 5.25. The van der Waals surface area contributed by atoms with Crippen LogP contribution >= 0.6 is 0 Å². The van der Waals surface area contributed by atoms with Crippen LogP contribution in [0.3, 0.4) is 0 Å². The van der Waals surface area contributed by atoms with E-state index in [-0.39, 0.29) is 22.8 Å². The van der Waals surface area contributed by atoms with Gasteiger partial charge in [0.05, 0.1) is 5.75 Å². The molecule has 0 aliphatic carbocycles. The largest absolute Gasteiger partial charge is 0.338 e. The Morgan fingerprint density at radius 2 is 1.61 bits per heavy atom. The fraction of sp³-hybridized carbons (Fsp3) is 0.529. The van der Waals surface area contributed by atoms with Gasteiger partial charge in [0, 0.05) is 0 Å². The number of hydrogen-bond donors (Lipinski definition) is 0. The summed E-state index contributed by atoms with van der Waals surface area (Å²) >= 11 is 0. The van der Waals surface area contributed by atoms with Gasteiger partial charge in [0.1, 0.15) is 5.75 Å². The minimum absolute atomic E-state index is 0.0173. The molecule has 1 heterocycles. The lowest BCUT2D eigenvalue weighted by Crippen LogP contribution is -2.14. The van der Waals surface area contributed by atoms with Gasteiger partial charge in [-0.2, -0.15) is 4.98 Å². The molecule has 2 rings (SSSR count). The van der Waals surface area contributed by atoms with E-state index in [9.17, 15) is 8.42 Å². The first kappa shape index (κ1) is 17.7. The van der Waals surface area contributed by atoms with Crippen molar-refractivity contribution in [3.8, 4) is 0 Å². The molecule has 0 saturated heterocycles. The van der Waals surface area contributed by atoms with Crippen molar-refractivity contribution < 1.29 is 12.9 Å². The molecule has 0 spiro atoms. The molecule has 0 atom stereocenters. The number of nitrogens with zero attached hydrogens (tertiary/aromatic N) is 2. The van der Waals surface area contributed by atoms with E-state index in [1.807, 2.05) is 13.8 Å². The quantitative estimate of drug-likeness (QED) is 0.855. The average molecular weight is 336 g/mol. The van der Waals surface area contributed by atoms with Gasteiger partial charge in [-0.1, -0.05) is 38.1 Å². The third-order valence-electron chi connectivity index (χ3n) is 3.84. The summed E-state index contributed by atoms with van der Waals surface area (Å²) in [7, 11) is -3.36. The van der Waals surface area contributed by atoms with Crippen LogP contribution in [0.25, 0.3) is 0 Å². The summed E-state index contributed by atoms with van der Waals surface area (Å²) < 4.78 is 29.8. The summed E-state index contributed by atoms with van der Waals surface area (Å²) in [6.07, 6.45) is 0. The van der Waals surface area contributed by atoms with Crippen molar-refractivity contribution in [3.63, 3.8) is 0 Å². The topological polar surface area (TPSA) is 73.1 Å². The van der Waals surface area contributed by atoms with E-state index < -0.39 is 9.84 Å². The van der Waals surface area contributed by atoms with Crippen LogP contribution in [-0.4, -0.2) is 18.6 Å². The van der Waals surface area contributed by atoms with Gasteiger partial charge in [-0.15, -0.1) is 0 Å². The van der Waals surface area contributed by atoms with E-state index in [1.54, 1.807) is 6.92 Å². The Balaban J connectivity index is 2.29. The van der Waals surface area contributed by atoms with Gasteiger partial charge in [-0.25, -0.2) is 8.42 Å².